The fourth-order valence-corrected chi connectivity index (χ4v) is 3.11. The second kappa shape index (κ2) is 5.84. The molecule has 0 spiro atoms. The van der Waals surface area contributed by atoms with Crippen LogP contribution in [0.3, 0.4) is 0 Å². The predicted octanol–water partition coefficient (Wildman–Crippen LogP) is 0.0404. The van der Waals surface area contributed by atoms with E-state index in [1.54, 1.807) is 18.5 Å². The van der Waals surface area contributed by atoms with Gasteiger partial charge in [-0.05, 0) is 25.7 Å². The van der Waals surface area contributed by atoms with E-state index >= 15 is 0 Å². The molecule has 8 heteroatoms. The lowest BCUT2D eigenvalue weighted by molar-refractivity contribution is 0.175. The number of aliphatic hydroxyl groups excluding tert-OH is 1. The minimum absolute atomic E-state index is 0.263. The fraction of sp³-hybridized carbons (Fsp3) is 0.667. The Labute approximate surface area is 133 Å². The maximum atomic E-state index is 12.3. The van der Waals surface area contributed by atoms with Crippen LogP contribution in [-0.2, 0) is 13.6 Å². The van der Waals surface area contributed by atoms with Crippen molar-refractivity contribution in [2.45, 2.75) is 39.3 Å². The van der Waals surface area contributed by atoms with Gasteiger partial charge in [0.15, 0.2) is 11.2 Å². The summed E-state index contributed by atoms with van der Waals surface area (Å²) in [4.78, 5) is 33.1. The maximum Gasteiger partial charge on any atom is 0.329 e. The predicted molar refractivity (Wildman–Crippen MR) is 87.9 cm³/mol. The van der Waals surface area contributed by atoms with Crippen molar-refractivity contribution in [1.29, 1.82) is 0 Å². The molecule has 0 saturated carbocycles. The minimum atomic E-state index is -0.619. The van der Waals surface area contributed by atoms with Crippen molar-refractivity contribution in [3.8, 4) is 0 Å². The summed E-state index contributed by atoms with van der Waals surface area (Å²) in [6.45, 7) is 5.88. The van der Waals surface area contributed by atoms with Gasteiger partial charge in [-0.25, -0.2) is 4.79 Å². The molecule has 0 amide bonds. The van der Waals surface area contributed by atoms with Gasteiger partial charge in [-0.1, -0.05) is 6.92 Å². The smallest absolute Gasteiger partial charge is 0.329 e. The number of hydrogen-bond acceptors (Lipinski definition) is 5. The SMILES string of the molecule is CC(O)Cn1c(N2CCC(C)CC2)nc2c1c(=O)[nH]c(=O)n2C. The third kappa shape index (κ3) is 2.78. The minimum Gasteiger partial charge on any atom is -0.392 e. The van der Waals surface area contributed by atoms with Crippen molar-refractivity contribution in [2.24, 2.45) is 13.0 Å². The summed E-state index contributed by atoms with van der Waals surface area (Å²) in [6.07, 6.45) is 1.51. The van der Waals surface area contributed by atoms with Crippen LogP contribution in [-0.4, -0.2) is 43.4 Å². The molecule has 23 heavy (non-hydrogen) atoms. The van der Waals surface area contributed by atoms with Gasteiger partial charge in [-0.2, -0.15) is 4.98 Å². The molecule has 1 aliphatic rings. The molecule has 0 aromatic carbocycles. The first-order chi connectivity index (χ1) is 10.9. The van der Waals surface area contributed by atoms with Crippen molar-refractivity contribution in [3.05, 3.63) is 20.8 Å². The zero-order chi connectivity index (χ0) is 16.7. The van der Waals surface area contributed by atoms with Crippen LogP contribution in [0.2, 0.25) is 0 Å². The van der Waals surface area contributed by atoms with Crippen LogP contribution < -0.4 is 16.1 Å². The third-order valence-corrected chi connectivity index (χ3v) is 4.50. The van der Waals surface area contributed by atoms with Gasteiger partial charge in [0.1, 0.15) is 0 Å². The number of aromatic nitrogens is 4. The summed E-state index contributed by atoms with van der Waals surface area (Å²) in [5, 5.41) is 9.82. The van der Waals surface area contributed by atoms with Gasteiger partial charge < -0.3 is 14.6 Å². The number of piperidine rings is 1. The summed E-state index contributed by atoms with van der Waals surface area (Å²) < 4.78 is 3.07. The van der Waals surface area contributed by atoms with E-state index in [1.165, 1.54) is 4.57 Å². The lowest BCUT2D eigenvalue weighted by Crippen LogP contribution is -2.35. The van der Waals surface area contributed by atoms with E-state index in [0.717, 1.165) is 25.9 Å². The second-order valence-corrected chi connectivity index (χ2v) is 6.53. The van der Waals surface area contributed by atoms with Crippen molar-refractivity contribution in [1.82, 2.24) is 19.1 Å². The Morgan fingerprint density at radius 2 is 2.00 bits per heavy atom. The highest BCUT2D eigenvalue weighted by atomic mass is 16.3. The van der Waals surface area contributed by atoms with E-state index < -0.39 is 17.4 Å². The number of H-pyrrole nitrogens is 1. The van der Waals surface area contributed by atoms with E-state index in [4.69, 9.17) is 0 Å². The molecule has 0 aliphatic carbocycles. The summed E-state index contributed by atoms with van der Waals surface area (Å²) in [6, 6.07) is 0. The third-order valence-electron chi connectivity index (χ3n) is 4.50. The van der Waals surface area contributed by atoms with Crippen LogP contribution in [0.4, 0.5) is 5.95 Å². The summed E-state index contributed by atoms with van der Waals surface area (Å²) in [5.74, 6) is 1.33. The second-order valence-electron chi connectivity index (χ2n) is 6.53. The largest absolute Gasteiger partial charge is 0.392 e. The van der Waals surface area contributed by atoms with Crippen LogP contribution in [0.25, 0.3) is 11.2 Å². The van der Waals surface area contributed by atoms with Crippen LogP contribution in [0.15, 0.2) is 9.59 Å². The van der Waals surface area contributed by atoms with E-state index in [-0.39, 0.29) is 6.54 Å². The number of hydrogen-bond donors (Lipinski definition) is 2. The molecular formula is C15H23N5O3. The summed E-state index contributed by atoms with van der Waals surface area (Å²) in [7, 11) is 1.59. The van der Waals surface area contributed by atoms with Gasteiger partial charge in [0, 0.05) is 20.1 Å². The number of anilines is 1. The Kier molecular flexibility index (Phi) is 4.01. The standard InChI is InChI=1S/C15H23N5O3/c1-9-4-6-19(7-5-9)14-16-12-11(20(14)8-10(2)21)13(22)17-15(23)18(12)3/h9-10,21H,4-8H2,1-3H3,(H,17,22,23). The number of aromatic amines is 1. The van der Waals surface area contributed by atoms with Crippen molar-refractivity contribution in [2.75, 3.05) is 18.0 Å². The molecule has 1 aliphatic heterocycles. The Balaban J connectivity index is 2.20. The van der Waals surface area contributed by atoms with Crippen LogP contribution in [0, 0.1) is 5.92 Å². The molecule has 1 unspecified atom stereocenters. The van der Waals surface area contributed by atoms with Gasteiger partial charge in [0.25, 0.3) is 5.56 Å². The molecule has 1 saturated heterocycles. The monoisotopic (exact) mass is 321 g/mol. The Hall–Kier alpha value is -2.09. The molecule has 3 rings (SSSR count). The Bertz CT molecular complexity index is 824. The van der Waals surface area contributed by atoms with Crippen molar-refractivity contribution in [3.63, 3.8) is 0 Å². The Morgan fingerprint density at radius 3 is 2.61 bits per heavy atom. The van der Waals surface area contributed by atoms with E-state index in [2.05, 4.69) is 21.8 Å². The molecule has 2 aromatic rings. The van der Waals surface area contributed by atoms with E-state index in [9.17, 15) is 14.7 Å². The van der Waals surface area contributed by atoms with E-state index in [1.807, 2.05) is 0 Å². The lowest BCUT2D eigenvalue weighted by Gasteiger charge is -2.31. The molecule has 2 aromatic heterocycles. The molecule has 126 valence electrons. The van der Waals surface area contributed by atoms with Crippen LogP contribution in [0.5, 0.6) is 0 Å². The molecule has 3 heterocycles. The number of nitrogens with zero attached hydrogens (tertiary/aromatic N) is 4. The normalized spacial score (nSPS) is 17.8. The maximum absolute atomic E-state index is 12.3. The number of nitrogens with one attached hydrogen (secondary N) is 1. The molecule has 8 nitrogen and oxygen atoms in total. The van der Waals surface area contributed by atoms with Crippen LogP contribution >= 0.6 is 0 Å². The van der Waals surface area contributed by atoms with E-state index in [0.29, 0.717) is 23.0 Å². The summed E-state index contributed by atoms with van der Waals surface area (Å²) in [5.41, 5.74) is -0.259. The molecule has 1 fully saturated rings. The van der Waals surface area contributed by atoms with Gasteiger partial charge in [-0.15, -0.1) is 0 Å². The van der Waals surface area contributed by atoms with Gasteiger partial charge in [0.2, 0.25) is 5.95 Å². The number of aliphatic hydroxyl groups is 1. The van der Waals surface area contributed by atoms with Crippen molar-refractivity contribution >= 4 is 17.1 Å². The zero-order valence-electron chi connectivity index (χ0n) is 13.7. The average molecular weight is 321 g/mol. The molecule has 2 N–H and O–H groups in total. The average Bonchev–Trinajstić information content (AvgIpc) is 2.85. The quantitative estimate of drug-likeness (QED) is 0.832. The summed E-state index contributed by atoms with van der Waals surface area (Å²) >= 11 is 0. The van der Waals surface area contributed by atoms with Crippen molar-refractivity contribution < 1.29 is 5.11 Å². The highest BCUT2D eigenvalue weighted by Gasteiger charge is 2.24. The lowest BCUT2D eigenvalue weighted by atomic mass is 10.00. The Morgan fingerprint density at radius 1 is 1.35 bits per heavy atom. The van der Waals surface area contributed by atoms with Gasteiger partial charge in [-0.3, -0.25) is 14.3 Å². The topological polar surface area (TPSA) is 96.2 Å². The number of fused-ring (bicyclic) bond motifs is 1. The first kappa shape index (κ1) is 15.8. The zero-order valence-corrected chi connectivity index (χ0v) is 13.7. The van der Waals surface area contributed by atoms with Gasteiger partial charge in [0.05, 0.1) is 12.6 Å². The van der Waals surface area contributed by atoms with Gasteiger partial charge >= 0.3 is 5.69 Å². The number of rotatable bonds is 3. The first-order valence-corrected chi connectivity index (χ1v) is 8.01. The molecule has 0 radical (unpaired) electrons. The first-order valence-electron chi connectivity index (χ1n) is 8.01. The highest BCUT2D eigenvalue weighted by molar-refractivity contribution is 5.74. The molecule has 1 atom stereocenters. The highest BCUT2D eigenvalue weighted by Crippen LogP contribution is 2.25. The number of aryl methyl sites for hydroxylation is 1. The number of imidazole rings is 1. The fourth-order valence-electron chi connectivity index (χ4n) is 3.11. The molecule has 0 bridgehead atoms. The van der Waals surface area contributed by atoms with Crippen LogP contribution in [0.1, 0.15) is 26.7 Å². The molecular weight excluding hydrogens is 298 g/mol.